The van der Waals surface area contributed by atoms with Gasteiger partial charge >= 0.3 is 0 Å². The van der Waals surface area contributed by atoms with Crippen LogP contribution >= 0.6 is 11.3 Å². The molecule has 13 rings (SSSR count). The molecule has 8 aromatic carbocycles. The van der Waals surface area contributed by atoms with E-state index in [1.165, 1.54) is 53.2 Å². The maximum absolute atomic E-state index is 7.01. The van der Waals surface area contributed by atoms with E-state index in [1.807, 2.05) is 78.1 Å². The van der Waals surface area contributed by atoms with Crippen molar-refractivity contribution < 1.29 is 4.42 Å². The van der Waals surface area contributed by atoms with Crippen LogP contribution in [0.3, 0.4) is 0 Å². The SMILES string of the molecule is c1ccc(-c2nc(-c3ccccc3)nc(-c3cc4c(c5c3oc3ccccc35)-c3cc5c(cc3-c3cccc6c7ccccc7n-4c36)sc3ccccc35)n2)cc1. The number of fused-ring (bicyclic) bond motifs is 15. The zero-order valence-corrected chi connectivity index (χ0v) is 31.1. The van der Waals surface area contributed by atoms with Crippen LogP contribution in [-0.4, -0.2) is 19.5 Å². The van der Waals surface area contributed by atoms with E-state index >= 15 is 0 Å². The fraction of sp³-hybridized carbons (Fsp3) is 0. The molecule has 1 aliphatic heterocycles. The first kappa shape index (κ1) is 30.9. The highest BCUT2D eigenvalue weighted by molar-refractivity contribution is 7.25. The maximum Gasteiger partial charge on any atom is 0.167 e. The van der Waals surface area contributed by atoms with Gasteiger partial charge in [0.05, 0.1) is 22.3 Å². The van der Waals surface area contributed by atoms with Crippen molar-refractivity contribution in [3.8, 4) is 62.1 Å². The van der Waals surface area contributed by atoms with Crippen LogP contribution in [-0.2, 0) is 0 Å². The molecule has 1 aliphatic rings. The van der Waals surface area contributed by atoms with Gasteiger partial charge in [-0.1, -0.05) is 133 Å². The van der Waals surface area contributed by atoms with Gasteiger partial charge in [-0.15, -0.1) is 11.3 Å². The zero-order chi connectivity index (χ0) is 37.2. The van der Waals surface area contributed by atoms with E-state index in [4.69, 9.17) is 19.4 Å². The third kappa shape index (κ3) is 4.36. The summed E-state index contributed by atoms with van der Waals surface area (Å²) in [7, 11) is 0. The number of benzene rings is 8. The lowest BCUT2D eigenvalue weighted by molar-refractivity contribution is 0.669. The van der Waals surface area contributed by atoms with Crippen molar-refractivity contribution in [1.82, 2.24) is 19.5 Å². The van der Waals surface area contributed by atoms with Crippen LogP contribution in [0.4, 0.5) is 0 Å². The van der Waals surface area contributed by atoms with Gasteiger partial charge in [-0.3, -0.25) is 0 Å². The molecule has 5 heterocycles. The van der Waals surface area contributed by atoms with E-state index in [1.54, 1.807) is 0 Å². The first-order valence-electron chi connectivity index (χ1n) is 19.1. The monoisotopic (exact) mass is 744 g/mol. The van der Waals surface area contributed by atoms with E-state index in [0.717, 1.165) is 55.4 Å². The van der Waals surface area contributed by atoms with E-state index in [-0.39, 0.29) is 0 Å². The average Bonchev–Trinajstić information content (AvgIpc) is 3.93. The lowest BCUT2D eigenvalue weighted by atomic mass is 9.89. The lowest BCUT2D eigenvalue weighted by Gasteiger charge is -2.17. The topological polar surface area (TPSA) is 56.7 Å². The highest BCUT2D eigenvalue weighted by atomic mass is 32.1. The van der Waals surface area contributed by atoms with Crippen LogP contribution in [0.5, 0.6) is 0 Å². The molecule has 0 aliphatic carbocycles. The van der Waals surface area contributed by atoms with Crippen molar-refractivity contribution in [3.63, 3.8) is 0 Å². The molecule has 0 bridgehead atoms. The van der Waals surface area contributed by atoms with E-state index in [0.29, 0.717) is 17.5 Å². The Morgan fingerprint density at radius 1 is 0.439 bits per heavy atom. The first-order valence-corrected chi connectivity index (χ1v) is 19.9. The molecule has 264 valence electrons. The minimum Gasteiger partial charge on any atom is -0.455 e. The summed E-state index contributed by atoms with van der Waals surface area (Å²) in [6, 6.07) is 60.1. The molecule has 0 spiro atoms. The summed E-state index contributed by atoms with van der Waals surface area (Å²) in [6.07, 6.45) is 0. The molecular weight excluding hydrogens is 717 g/mol. The van der Waals surface area contributed by atoms with E-state index in [2.05, 4.69) is 108 Å². The highest BCUT2D eigenvalue weighted by Gasteiger charge is 2.31. The van der Waals surface area contributed by atoms with Crippen molar-refractivity contribution in [2.75, 3.05) is 0 Å². The lowest BCUT2D eigenvalue weighted by Crippen LogP contribution is -2.02. The molecule has 0 saturated carbocycles. The van der Waals surface area contributed by atoms with Crippen molar-refractivity contribution in [3.05, 3.63) is 170 Å². The zero-order valence-electron chi connectivity index (χ0n) is 30.3. The second kappa shape index (κ2) is 11.6. The molecule has 0 unspecified atom stereocenters. The number of hydrogen-bond acceptors (Lipinski definition) is 5. The van der Waals surface area contributed by atoms with Crippen molar-refractivity contribution in [1.29, 1.82) is 0 Å². The van der Waals surface area contributed by atoms with Crippen molar-refractivity contribution in [2.45, 2.75) is 0 Å². The van der Waals surface area contributed by atoms with Crippen LogP contribution in [0.2, 0.25) is 0 Å². The van der Waals surface area contributed by atoms with Crippen molar-refractivity contribution in [2.24, 2.45) is 0 Å². The highest BCUT2D eigenvalue weighted by Crippen LogP contribution is 2.54. The molecule has 6 heteroatoms. The number of nitrogens with zero attached hydrogens (tertiary/aromatic N) is 4. The van der Waals surface area contributed by atoms with Gasteiger partial charge in [-0.2, -0.15) is 0 Å². The number of thiophene rings is 1. The Hall–Kier alpha value is -7.41. The predicted octanol–water partition coefficient (Wildman–Crippen LogP) is 13.9. The van der Waals surface area contributed by atoms with E-state index in [9.17, 15) is 0 Å². The summed E-state index contributed by atoms with van der Waals surface area (Å²) >= 11 is 1.86. The predicted molar refractivity (Wildman–Crippen MR) is 235 cm³/mol. The Bertz CT molecular complexity index is 3580. The molecule has 0 atom stereocenters. The Kier molecular flexibility index (Phi) is 6.26. The quantitative estimate of drug-likeness (QED) is 0.181. The molecule has 4 aromatic heterocycles. The van der Waals surface area contributed by atoms with Crippen molar-refractivity contribution >= 4 is 75.3 Å². The van der Waals surface area contributed by atoms with Gasteiger partial charge in [0.2, 0.25) is 0 Å². The van der Waals surface area contributed by atoms with Gasteiger partial charge in [0.25, 0.3) is 0 Å². The summed E-state index contributed by atoms with van der Waals surface area (Å²) in [5.74, 6) is 1.77. The number of hydrogen-bond donors (Lipinski definition) is 0. The summed E-state index contributed by atoms with van der Waals surface area (Å²) in [5.41, 5.74) is 12.3. The molecule has 57 heavy (non-hydrogen) atoms. The van der Waals surface area contributed by atoms with Gasteiger partial charge in [0.15, 0.2) is 17.5 Å². The average molecular weight is 745 g/mol. The molecular formula is C51H28N4OS. The molecule has 0 N–H and O–H groups in total. The van der Waals surface area contributed by atoms with Gasteiger partial charge in [0, 0.05) is 64.0 Å². The van der Waals surface area contributed by atoms with Gasteiger partial charge in [-0.05, 0) is 47.5 Å². The second-order valence-corrected chi connectivity index (χ2v) is 15.8. The Morgan fingerprint density at radius 2 is 1.09 bits per heavy atom. The fourth-order valence-corrected chi connectivity index (χ4v) is 10.2. The molecule has 12 aromatic rings. The van der Waals surface area contributed by atoms with Gasteiger partial charge in [0.1, 0.15) is 11.2 Å². The number of furan rings is 1. The largest absolute Gasteiger partial charge is 0.455 e. The summed E-state index contributed by atoms with van der Waals surface area (Å²) in [6.45, 7) is 0. The second-order valence-electron chi connectivity index (χ2n) is 14.7. The Balaban J connectivity index is 1.24. The summed E-state index contributed by atoms with van der Waals surface area (Å²) < 4.78 is 12.0. The molecule has 0 fully saturated rings. The van der Waals surface area contributed by atoms with Gasteiger partial charge < -0.3 is 8.98 Å². The Morgan fingerprint density at radius 3 is 1.88 bits per heavy atom. The standard InChI is InChI=1S/C51H28N4OS/c1-3-14-29(15-4-1)49-52-50(30-16-5-2-6-17-30)54-51(53-49)39-27-41-45(46-35-20-8-11-24-42(35)56-48(39)46)38-26-37-32-19-9-12-25-43(32)57-44(37)28-36(38)34-22-13-21-33-31-18-7-10-23-40(31)55(41)47(33)34/h1-28H. The normalized spacial score (nSPS) is 12.2. The first-order chi connectivity index (χ1) is 28.3. The van der Waals surface area contributed by atoms with Crippen LogP contribution in [0.15, 0.2) is 174 Å². The van der Waals surface area contributed by atoms with Crippen LogP contribution in [0.25, 0.3) is 126 Å². The van der Waals surface area contributed by atoms with Crippen LogP contribution in [0.1, 0.15) is 0 Å². The summed E-state index contributed by atoms with van der Waals surface area (Å²) in [4.78, 5) is 15.6. The minimum atomic E-state index is 0.555. The summed E-state index contributed by atoms with van der Waals surface area (Å²) in [5, 5.41) is 7.04. The number of rotatable bonds is 3. The van der Waals surface area contributed by atoms with E-state index < -0.39 is 0 Å². The maximum atomic E-state index is 7.01. The molecule has 0 radical (unpaired) electrons. The van der Waals surface area contributed by atoms with Crippen LogP contribution in [0, 0.1) is 0 Å². The number of para-hydroxylation sites is 3. The molecule has 5 nitrogen and oxygen atoms in total. The van der Waals surface area contributed by atoms with Gasteiger partial charge in [-0.25, -0.2) is 15.0 Å². The molecule has 0 amide bonds. The minimum absolute atomic E-state index is 0.555. The fourth-order valence-electron chi connectivity index (χ4n) is 9.12. The van der Waals surface area contributed by atoms with Crippen LogP contribution < -0.4 is 0 Å². The third-order valence-corrected chi connectivity index (χ3v) is 12.7. The smallest absolute Gasteiger partial charge is 0.167 e. The third-order valence-electron chi connectivity index (χ3n) is 11.6. The number of aromatic nitrogens is 4. The molecule has 0 saturated heterocycles. The Labute approximate surface area is 329 Å².